The Labute approximate surface area is 113 Å². The van der Waals surface area contributed by atoms with Crippen LogP contribution in [0.5, 0.6) is 11.6 Å². The summed E-state index contributed by atoms with van der Waals surface area (Å²) in [7, 11) is 0. The van der Waals surface area contributed by atoms with Crippen LogP contribution in [0, 0.1) is 18.3 Å². The normalized spacial score (nSPS) is 10.3. The summed E-state index contributed by atoms with van der Waals surface area (Å²) < 4.78 is 5.68. The Morgan fingerprint density at radius 1 is 1.11 bits per heavy atom. The third-order valence-electron chi connectivity index (χ3n) is 2.88. The van der Waals surface area contributed by atoms with E-state index in [0.29, 0.717) is 23.1 Å². The molecule has 1 aromatic carbocycles. The van der Waals surface area contributed by atoms with Gasteiger partial charge in [0.05, 0.1) is 0 Å². The topological polar surface area (TPSA) is 45.9 Å². The number of ether oxygens (including phenoxy) is 1. The first-order valence-electron chi connectivity index (χ1n) is 6.25. The number of nitrogens with zero attached hydrogens (tertiary/aromatic N) is 2. The number of hydrogen-bond acceptors (Lipinski definition) is 3. The fourth-order valence-electron chi connectivity index (χ4n) is 1.73. The molecule has 0 aliphatic heterocycles. The zero-order valence-electron chi connectivity index (χ0n) is 11.3. The summed E-state index contributed by atoms with van der Waals surface area (Å²) in [5.74, 6) is 1.54. The summed E-state index contributed by atoms with van der Waals surface area (Å²) >= 11 is 0. The second kappa shape index (κ2) is 5.53. The molecular weight excluding hydrogens is 236 g/mol. The standard InChI is InChI=1S/C16H16N2O/c1-11(2)13-6-8-15(9-7-13)19-16-14(10-17)5-4-12(3)18-16/h4-9,11H,1-3H3. The Bertz CT molecular complexity index is 610. The molecule has 2 aromatic rings. The van der Waals surface area contributed by atoms with E-state index in [1.54, 1.807) is 12.1 Å². The van der Waals surface area contributed by atoms with E-state index in [4.69, 9.17) is 10.00 Å². The number of benzene rings is 1. The summed E-state index contributed by atoms with van der Waals surface area (Å²) in [5.41, 5.74) is 2.52. The summed E-state index contributed by atoms with van der Waals surface area (Å²) in [5, 5.41) is 9.03. The quantitative estimate of drug-likeness (QED) is 0.823. The molecule has 3 heteroatoms. The van der Waals surface area contributed by atoms with Crippen molar-refractivity contribution >= 4 is 0 Å². The van der Waals surface area contributed by atoms with E-state index in [1.165, 1.54) is 5.56 Å². The van der Waals surface area contributed by atoms with Gasteiger partial charge in [-0.15, -0.1) is 0 Å². The molecule has 0 spiro atoms. The third kappa shape index (κ3) is 3.11. The largest absolute Gasteiger partial charge is 0.438 e. The van der Waals surface area contributed by atoms with E-state index in [-0.39, 0.29) is 0 Å². The minimum Gasteiger partial charge on any atom is -0.438 e. The first kappa shape index (κ1) is 13.1. The van der Waals surface area contributed by atoms with Crippen molar-refractivity contribution in [3.63, 3.8) is 0 Å². The lowest BCUT2D eigenvalue weighted by Gasteiger charge is -2.09. The van der Waals surface area contributed by atoms with Crippen molar-refractivity contribution in [2.24, 2.45) is 0 Å². The lowest BCUT2D eigenvalue weighted by Crippen LogP contribution is -1.94. The van der Waals surface area contributed by atoms with E-state index >= 15 is 0 Å². The maximum atomic E-state index is 9.03. The van der Waals surface area contributed by atoms with Gasteiger partial charge in [-0.3, -0.25) is 0 Å². The third-order valence-corrected chi connectivity index (χ3v) is 2.88. The van der Waals surface area contributed by atoms with Gasteiger partial charge in [0.15, 0.2) is 0 Å². The van der Waals surface area contributed by atoms with Gasteiger partial charge < -0.3 is 4.74 Å². The van der Waals surface area contributed by atoms with Crippen LogP contribution in [0.2, 0.25) is 0 Å². The molecule has 19 heavy (non-hydrogen) atoms. The molecule has 0 bridgehead atoms. The lowest BCUT2D eigenvalue weighted by molar-refractivity contribution is 0.459. The number of rotatable bonds is 3. The molecule has 0 atom stereocenters. The molecule has 3 nitrogen and oxygen atoms in total. The molecule has 0 unspecified atom stereocenters. The van der Waals surface area contributed by atoms with Crippen molar-refractivity contribution < 1.29 is 4.74 Å². The highest BCUT2D eigenvalue weighted by atomic mass is 16.5. The van der Waals surface area contributed by atoms with E-state index in [2.05, 4.69) is 24.9 Å². The first-order chi connectivity index (χ1) is 9.10. The van der Waals surface area contributed by atoms with Crippen LogP contribution in [-0.4, -0.2) is 4.98 Å². The molecule has 0 N–H and O–H groups in total. The summed E-state index contributed by atoms with van der Waals surface area (Å²) in [6.07, 6.45) is 0. The Morgan fingerprint density at radius 2 is 1.79 bits per heavy atom. The monoisotopic (exact) mass is 252 g/mol. The molecule has 0 saturated carbocycles. The smallest absolute Gasteiger partial charge is 0.237 e. The van der Waals surface area contributed by atoms with Crippen molar-refractivity contribution in [1.29, 1.82) is 5.26 Å². The number of aryl methyl sites for hydroxylation is 1. The molecule has 0 aliphatic rings. The molecule has 0 fully saturated rings. The van der Waals surface area contributed by atoms with Crippen molar-refractivity contribution in [1.82, 2.24) is 4.98 Å². The predicted molar refractivity (Wildman–Crippen MR) is 74.3 cm³/mol. The molecule has 0 radical (unpaired) electrons. The molecule has 0 amide bonds. The lowest BCUT2D eigenvalue weighted by atomic mass is 10.0. The van der Waals surface area contributed by atoms with E-state index in [9.17, 15) is 0 Å². The first-order valence-corrected chi connectivity index (χ1v) is 6.25. The Hall–Kier alpha value is -2.34. The molecule has 2 rings (SSSR count). The number of hydrogen-bond donors (Lipinski definition) is 0. The maximum Gasteiger partial charge on any atom is 0.237 e. The minimum atomic E-state index is 0.361. The highest BCUT2D eigenvalue weighted by Gasteiger charge is 2.07. The van der Waals surface area contributed by atoms with Crippen LogP contribution >= 0.6 is 0 Å². The zero-order chi connectivity index (χ0) is 13.8. The summed E-state index contributed by atoms with van der Waals surface area (Å²) in [4.78, 5) is 4.25. The van der Waals surface area contributed by atoms with Gasteiger partial charge in [-0.1, -0.05) is 26.0 Å². The highest BCUT2D eigenvalue weighted by molar-refractivity contribution is 5.41. The Morgan fingerprint density at radius 3 is 2.37 bits per heavy atom. The number of nitriles is 1. The number of pyridine rings is 1. The van der Waals surface area contributed by atoms with Crippen molar-refractivity contribution in [2.75, 3.05) is 0 Å². The van der Waals surface area contributed by atoms with E-state index < -0.39 is 0 Å². The van der Waals surface area contributed by atoms with Crippen LogP contribution < -0.4 is 4.74 Å². The van der Waals surface area contributed by atoms with Gasteiger partial charge in [-0.05, 0) is 42.7 Å². The van der Waals surface area contributed by atoms with Crippen molar-refractivity contribution in [2.45, 2.75) is 26.7 Å². The Balaban J connectivity index is 2.26. The van der Waals surface area contributed by atoms with Gasteiger partial charge in [-0.25, -0.2) is 4.98 Å². The van der Waals surface area contributed by atoms with Crippen LogP contribution in [0.15, 0.2) is 36.4 Å². The van der Waals surface area contributed by atoms with E-state index in [0.717, 1.165) is 5.69 Å². The Kier molecular flexibility index (Phi) is 3.82. The van der Waals surface area contributed by atoms with Crippen LogP contribution in [-0.2, 0) is 0 Å². The van der Waals surface area contributed by atoms with Gasteiger partial charge in [0.2, 0.25) is 5.88 Å². The molecular formula is C16H16N2O. The van der Waals surface area contributed by atoms with Crippen molar-refractivity contribution in [3.05, 3.63) is 53.2 Å². The van der Waals surface area contributed by atoms with Gasteiger partial charge in [0, 0.05) is 5.69 Å². The van der Waals surface area contributed by atoms with Crippen LogP contribution in [0.25, 0.3) is 0 Å². The average molecular weight is 252 g/mol. The average Bonchev–Trinajstić information content (AvgIpc) is 2.39. The zero-order valence-corrected chi connectivity index (χ0v) is 11.3. The van der Waals surface area contributed by atoms with Gasteiger partial charge in [0.25, 0.3) is 0 Å². The fourth-order valence-corrected chi connectivity index (χ4v) is 1.73. The summed E-state index contributed by atoms with van der Waals surface area (Å²) in [6, 6.07) is 13.5. The van der Waals surface area contributed by atoms with Gasteiger partial charge in [0.1, 0.15) is 17.4 Å². The summed E-state index contributed by atoms with van der Waals surface area (Å²) in [6.45, 7) is 6.16. The van der Waals surface area contributed by atoms with Crippen LogP contribution in [0.1, 0.15) is 36.6 Å². The second-order valence-corrected chi connectivity index (χ2v) is 4.74. The predicted octanol–water partition coefficient (Wildman–Crippen LogP) is 4.18. The fraction of sp³-hybridized carbons (Fsp3) is 0.250. The highest BCUT2D eigenvalue weighted by Crippen LogP contribution is 2.25. The molecule has 1 heterocycles. The molecule has 0 saturated heterocycles. The number of aromatic nitrogens is 1. The minimum absolute atomic E-state index is 0.361. The SMILES string of the molecule is Cc1ccc(C#N)c(Oc2ccc(C(C)C)cc2)n1. The van der Waals surface area contributed by atoms with Crippen LogP contribution in [0.3, 0.4) is 0 Å². The van der Waals surface area contributed by atoms with Crippen molar-refractivity contribution in [3.8, 4) is 17.7 Å². The van der Waals surface area contributed by atoms with Gasteiger partial charge >= 0.3 is 0 Å². The molecule has 1 aromatic heterocycles. The van der Waals surface area contributed by atoms with E-state index in [1.807, 2.05) is 31.2 Å². The molecule has 96 valence electrons. The maximum absolute atomic E-state index is 9.03. The van der Waals surface area contributed by atoms with Gasteiger partial charge in [-0.2, -0.15) is 5.26 Å². The molecule has 0 aliphatic carbocycles. The second-order valence-electron chi connectivity index (χ2n) is 4.74. The van der Waals surface area contributed by atoms with Crippen LogP contribution in [0.4, 0.5) is 0 Å².